The molecule has 1 amide bonds. The summed E-state index contributed by atoms with van der Waals surface area (Å²) in [7, 11) is 0. The van der Waals surface area contributed by atoms with Crippen molar-refractivity contribution in [2.24, 2.45) is 5.92 Å². The summed E-state index contributed by atoms with van der Waals surface area (Å²) in [6, 6.07) is 0.351. The summed E-state index contributed by atoms with van der Waals surface area (Å²) in [6.07, 6.45) is 2.62. The number of carbonyl (C=O) groups excluding carboxylic acids is 1. The minimum atomic E-state index is 0.211. The van der Waals surface area contributed by atoms with Crippen molar-refractivity contribution in [3.8, 4) is 0 Å². The average molecular weight is 198 g/mol. The first-order chi connectivity index (χ1) is 6.84. The summed E-state index contributed by atoms with van der Waals surface area (Å²) < 4.78 is 5.23. The summed E-state index contributed by atoms with van der Waals surface area (Å²) in [4.78, 5) is 11.5. The zero-order valence-electron chi connectivity index (χ0n) is 8.42. The molecule has 2 fully saturated rings. The molecule has 2 aliphatic rings. The third kappa shape index (κ3) is 2.69. The first kappa shape index (κ1) is 9.93. The Morgan fingerprint density at radius 1 is 1.36 bits per heavy atom. The minimum absolute atomic E-state index is 0.211. The maximum Gasteiger partial charge on any atom is 0.220 e. The van der Waals surface area contributed by atoms with Gasteiger partial charge in [-0.3, -0.25) is 4.79 Å². The summed E-state index contributed by atoms with van der Waals surface area (Å²) in [6.45, 7) is 3.58. The Balaban J connectivity index is 1.64. The van der Waals surface area contributed by atoms with E-state index in [1.807, 2.05) is 0 Å². The lowest BCUT2D eigenvalue weighted by Gasteiger charge is -2.28. The lowest BCUT2D eigenvalue weighted by molar-refractivity contribution is -0.123. The first-order valence-corrected chi connectivity index (χ1v) is 5.42. The van der Waals surface area contributed by atoms with E-state index in [0.29, 0.717) is 18.4 Å². The number of hydrogen-bond acceptors (Lipinski definition) is 3. The molecule has 0 spiro atoms. The van der Waals surface area contributed by atoms with Gasteiger partial charge in [0.05, 0.1) is 0 Å². The van der Waals surface area contributed by atoms with Gasteiger partial charge in [0.2, 0.25) is 5.91 Å². The van der Waals surface area contributed by atoms with Crippen molar-refractivity contribution in [3.05, 3.63) is 0 Å². The van der Waals surface area contributed by atoms with Crippen LogP contribution in [-0.2, 0) is 9.53 Å². The van der Waals surface area contributed by atoms with Gasteiger partial charge in [-0.05, 0) is 31.8 Å². The van der Waals surface area contributed by atoms with Crippen LogP contribution in [0.15, 0.2) is 0 Å². The molecule has 0 aromatic heterocycles. The van der Waals surface area contributed by atoms with Crippen LogP contribution in [0.2, 0.25) is 0 Å². The molecule has 0 aromatic carbocycles. The monoisotopic (exact) mass is 198 g/mol. The SMILES string of the molecule is O=C(CC1CNC1)NC1CCOCC1. The zero-order chi connectivity index (χ0) is 9.80. The summed E-state index contributed by atoms with van der Waals surface area (Å²) in [5.41, 5.74) is 0. The van der Waals surface area contributed by atoms with Gasteiger partial charge in [-0.1, -0.05) is 0 Å². The molecule has 0 aliphatic carbocycles. The van der Waals surface area contributed by atoms with E-state index in [4.69, 9.17) is 4.74 Å². The van der Waals surface area contributed by atoms with E-state index in [-0.39, 0.29) is 5.91 Å². The minimum Gasteiger partial charge on any atom is -0.381 e. The van der Waals surface area contributed by atoms with Crippen LogP contribution in [-0.4, -0.2) is 38.3 Å². The van der Waals surface area contributed by atoms with Crippen LogP contribution in [0.1, 0.15) is 19.3 Å². The van der Waals surface area contributed by atoms with Gasteiger partial charge in [0, 0.05) is 25.7 Å². The lowest BCUT2D eigenvalue weighted by atomic mass is 9.98. The standard InChI is InChI=1S/C10H18N2O2/c13-10(5-8-6-11-7-8)12-9-1-3-14-4-2-9/h8-9,11H,1-7H2,(H,12,13). The fourth-order valence-electron chi connectivity index (χ4n) is 1.88. The van der Waals surface area contributed by atoms with Crippen LogP contribution in [0, 0.1) is 5.92 Å². The van der Waals surface area contributed by atoms with E-state index >= 15 is 0 Å². The number of hydrogen-bond donors (Lipinski definition) is 2. The van der Waals surface area contributed by atoms with Gasteiger partial charge in [0.1, 0.15) is 0 Å². The predicted molar refractivity (Wildman–Crippen MR) is 53.0 cm³/mol. The number of rotatable bonds is 3. The highest BCUT2D eigenvalue weighted by molar-refractivity contribution is 5.76. The van der Waals surface area contributed by atoms with E-state index in [9.17, 15) is 4.79 Å². The fraction of sp³-hybridized carbons (Fsp3) is 0.900. The maximum atomic E-state index is 11.5. The fourth-order valence-corrected chi connectivity index (χ4v) is 1.88. The normalized spacial score (nSPS) is 24.3. The molecule has 0 saturated carbocycles. The molecule has 2 heterocycles. The molecule has 0 unspecified atom stereocenters. The van der Waals surface area contributed by atoms with Crippen LogP contribution < -0.4 is 10.6 Å². The largest absolute Gasteiger partial charge is 0.381 e. The van der Waals surface area contributed by atoms with Crippen molar-refractivity contribution in [2.75, 3.05) is 26.3 Å². The number of ether oxygens (including phenoxy) is 1. The van der Waals surface area contributed by atoms with Gasteiger partial charge >= 0.3 is 0 Å². The van der Waals surface area contributed by atoms with Gasteiger partial charge in [0.25, 0.3) is 0 Å². The van der Waals surface area contributed by atoms with E-state index in [2.05, 4.69) is 10.6 Å². The van der Waals surface area contributed by atoms with Gasteiger partial charge < -0.3 is 15.4 Å². The molecule has 2 aliphatic heterocycles. The van der Waals surface area contributed by atoms with Gasteiger partial charge in [-0.25, -0.2) is 0 Å². The smallest absolute Gasteiger partial charge is 0.220 e. The maximum absolute atomic E-state index is 11.5. The topological polar surface area (TPSA) is 50.4 Å². The molecule has 4 nitrogen and oxygen atoms in total. The number of nitrogens with one attached hydrogen (secondary N) is 2. The predicted octanol–water partition coefficient (Wildman–Crippen LogP) is -0.109. The highest BCUT2D eigenvalue weighted by Crippen LogP contribution is 2.10. The average Bonchev–Trinajstić information content (AvgIpc) is 2.13. The molecule has 0 atom stereocenters. The second kappa shape index (κ2) is 4.75. The molecule has 4 heteroatoms. The molecule has 0 bridgehead atoms. The Labute approximate surface area is 84.4 Å². The van der Waals surface area contributed by atoms with Crippen LogP contribution in [0.5, 0.6) is 0 Å². The lowest BCUT2D eigenvalue weighted by Crippen LogP contribution is -2.46. The molecule has 14 heavy (non-hydrogen) atoms. The molecule has 0 radical (unpaired) electrons. The van der Waals surface area contributed by atoms with Crippen molar-refractivity contribution in [1.82, 2.24) is 10.6 Å². The summed E-state index contributed by atoms with van der Waals surface area (Å²) in [5, 5.41) is 6.24. The van der Waals surface area contributed by atoms with E-state index in [0.717, 1.165) is 39.1 Å². The van der Waals surface area contributed by atoms with E-state index in [1.54, 1.807) is 0 Å². The molecule has 80 valence electrons. The van der Waals surface area contributed by atoms with Crippen LogP contribution >= 0.6 is 0 Å². The Bertz CT molecular complexity index is 198. The van der Waals surface area contributed by atoms with Crippen LogP contribution in [0.3, 0.4) is 0 Å². The van der Waals surface area contributed by atoms with Crippen molar-refractivity contribution in [1.29, 1.82) is 0 Å². The van der Waals surface area contributed by atoms with E-state index in [1.165, 1.54) is 0 Å². The zero-order valence-corrected chi connectivity index (χ0v) is 8.42. The van der Waals surface area contributed by atoms with Gasteiger partial charge in [-0.15, -0.1) is 0 Å². The number of amides is 1. The van der Waals surface area contributed by atoms with Crippen molar-refractivity contribution >= 4 is 5.91 Å². The van der Waals surface area contributed by atoms with Gasteiger partial charge in [0.15, 0.2) is 0 Å². The van der Waals surface area contributed by atoms with Crippen molar-refractivity contribution in [2.45, 2.75) is 25.3 Å². The van der Waals surface area contributed by atoms with Crippen LogP contribution in [0.4, 0.5) is 0 Å². The third-order valence-corrected chi connectivity index (χ3v) is 2.93. The Hall–Kier alpha value is -0.610. The highest BCUT2D eigenvalue weighted by atomic mass is 16.5. The first-order valence-electron chi connectivity index (χ1n) is 5.42. The molecule has 0 aromatic rings. The quantitative estimate of drug-likeness (QED) is 0.665. The molecular weight excluding hydrogens is 180 g/mol. The highest BCUT2D eigenvalue weighted by Gasteiger charge is 2.22. The number of carbonyl (C=O) groups is 1. The third-order valence-electron chi connectivity index (χ3n) is 2.93. The Kier molecular flexibility index (Phi) is 3.37. The summed E-state index contributed by atoms with van der Waals surface area (Å²) >= 11 is 0. The Morgan fingerprint density at radius 2 is 2.07 bits per heavy atom. The Morgan fingerprint density at radius 3 is 2.64 bits per heavy atom. The second-order valence-electron chi connectivity index (χ2n) is 4.18. The molecule has 2 rings (SSSR count). The second-order valence-corrected chi connectivity index (χ2v) is 4.18. The van der Waals surface area contributed by atoms with Crippen molar-refractivity contribution < 1.29 is 9.53 Å². The van der Waals surface area contributed by atoms with Crippen molar-refractivity contribution in [3.63, 3.8) is 0 Å². The molecule has 2 saturated heterocycles. The van der Waals surface area contributed by atoms with Crippen LogP contribution in [0.25, 0.3) is 0 Å². The van der Waals surface area contributed by atoms with E-state index < -0.39 is 0 Å². The molecular formula is C10H18N2O2. The summed E-state index contributed by atoms with van der Waals surface area (Å²) in [5.74, 6) is 0.776. The molecule has 2 N–H and O–H groups in total. The van der Waals surface area contributed by atoms with Gasteiger partial charge in [-0.2, -0.15) is 0 Å².